The summed E-state index contributed by atoms with van der Waals surface area (Å²) in [7, 11) is -1.46. The van der Waals surface area contributed by atoms with E-state index >= 15 is 0 Å². The van der Waals surface area contributed by atoms with Crippen LogP contribution in [0.1, 0.15) is 39.5 Å². The van der Waals surface area contributed by atoms with Crippen molar-refractivity contribution in [3.05, 3.63) is 64.2 Å². The number of rotatable bonds is 6. The molecule has 2 atom stereocenters. The number of aromatic carboxylic acids is 1. The molecule has 0 spiro atoms. The first-order chi connectivity index (χ1) is 12.2. The molecule has 5 nitrogen and oxygen atoms in total. The third-order valence-electron chi connectivity index (χ3n) is 4.17. The highest BCUT2D eigenvalue weighted by atomic mass is 32.2. The van der Waals surface area contributed by atoms with Crippen LogP contribution >= 0.6 is 0 Å². The second kappa shape index (κ2) is 8.27. The largest absolute Gasteiger partial charge is 0.478 e. The van der Waals surface area contributed by atoms with E-state index in [0.29, 0.717) is 5.56 Å². The van der Waals surface area contributed by atoms with Gasteiger partial charge in [-0.25, -0.2) is 4.79 Å². The Hall–Kier alpha value is -2.47. The average molecular weight is 373 g/mol. The minimum atomic E-state index is -1.46. The number of nitrogens with one attached hydrogen (secondary N) is 1. The van der Waals surface area contributed by atoms with Gasteiger partial charge in [0.15, 0.2) is 0 Å². The molecule has 0 saturated carbocycles. The van der Waals surface area contributed by atoms with Crippen LogP contribution in [-0.4, -0.2) is 26.4 Å². The molecule has 0 aromatic heterocycles. The first-order valence-corrected chi connectivity index (χ1v) is 9.65. The van der Waals surface area contributed by atoms with Crippen LogP contribution in [0.15, 0.2) is 36.4 Å². The molecule has 2 aromatic carbocycles. The molecule has 2 aromatic rings. The molecule has 0 aliphatic carbocycles. The first-order valence-electron chi connectivity index (χ1n) is 8.27. The molecule has 0 bridgehead atoms. The summed E-state index contributed by atoms with van der Waals surface area (Å²) in [5.74, 6) is -1.22. The van der Waals surface area contributed by atoms with E-state index in [4.69, 9.17) is 5.11 Å². The van der Waals surface area contributed by atoms with Crippen molar-refractivity contribution in [2.24, 2.45) is 0 Å². The molecule has 0 heterocycles. The Kier molecular flexibility index (Phi) is 6.32. The zero-order valence-electron chi connectivity index (χ0n) is 15.3. The van der Waals surface area contributed by atoms with E-state index in [1.165, 1.54) is 12.1 Å². The number of hydrogen-bond acceptors (Lipinski definition) is 3. The molecule has 6 heteroatoms. The van der Waals surface area contributed by atoms with Crippen molar-refractivity contribution in [1.82, 2.24) is 0 Å². The number of benzene rings is 2. The van der Waals surface area contributed by atoms with Crippen LogP contribution in [-0.2, 0) is 21.3 Å². The predicted octanol–water partition coefficient (Wildman–Crippen LogP) is 3.59. The Bertz CT molecular complexity index is 853. The molecule has 0 aliphatic rings. The van der Waals surface area contributed by atoms with Gasteiger partial charge in [-0.3, -0.25) is 9.00 Å². The standard InChI is InChI=1S/C20H23NO4S/c1-12-8-13(2)18(14(3)9-12)21-19(22)15(4)26(25)11-16-6-5-7-17(10-16)20(23)24/h5-10,15H,11H2,1-4H3,(H,21,22)(H,23,24). The number of carbonyl (C=O) groups excluding carboxylic acids is 1. The van der Waals surface area contributed by atoms with Gasteiger partial charge in [0.2, 0.25) is 5.91 Å². The number of aryl methyl sites for hydroxylation is 3. The summed E-state index contributed by atoms with van der Waals surface area (Å²) in [6.45, 7) is 7.46. The lowest BCUT2D eigenvalue weighted by Crippen LogP contribution is -2.30. The summed E-state index contributed by atoms with van der Waals surface area (Å²) in [6.07, 6.45) is 0. The summed E-state index contributed by atoms with van der Waals surface area (Å²) < 4.78 is 12.6. The monoisotopic (exact) mass is 373 g/mol. The number of carbonyl (C=O) groups is 2. The quantitative estimate of drug-likeness (QED) is 0.811. The van der Waals surface area contributed by atoms with E-state index in [1.54, 1.807) is 19.1 Å². The number of carboxylic acid groups (broad SMARTS) is 1. The highest BCUT2D eigenvalue weighted by Gasteiger charge is 2.21. The molecule has 0 radical (unpaired) electrons. The SMILES string of the molecule is Cc1cc(C)c(NC(=O)C(C)S(=O)Cc2cccc(C(=O)O)c2)c(C)c1. The van der Waals surface area contributed by atoms with Gasteiger partial charge in [0.05, 0.1) is 5.56 Å². The van der Waals surface area contributed by atoms with E-state index in [1.807, 2.05) is 32.9 Å². The maximum Gasteiger partial charge on any atom is 0.335 e. The summed E-state index contributed by atoms with van der Waals surface area (Å²) in [6, 6.07) is 10.3. The Morgan fingerprint density at radius 1 is 1.12 bits per heavy atom. The lowest BCUT2D eigenvalue weighted by atomic mass is 10.1. The molecule has 2 N–H and O–H groups in total. The van der Waals surface area contributed by atoms with Crippen molar-refractivity contribution >= 4 is 28.4 Å². The second-order valence-electron chi connectivity index (χ2n) is 6.44. The zero-order chi connectivity index (χ0) is 19.4. The summed E-state index contributed by atoms with van der Waals surface area (Å²) in [4.78, 5) is 23.5. The first kappa shape index (κ1) is 19.8. The van der Waals surface area contributed by atoms with Gasteiger partial charge >= 0.3 is 5.97 Å². The highest BCUT2D eigenvalue weighted by Crippen LogP contribution is 2.22. The Morgan fingerprint density at radius 3 is 2.31 bits per heavy atom. The third kappa shape index (κ3) is 4.79. The van der Waals surface area contributed by atoms with Gasteiger partial charge in [0, 0.05) is 22.2 Å². The topological polar surface area (TPSA) is 83.5 Å². The highest BCUT2D eigenvalue weighted by molar-refractivity contribution is 7.85. The van der Waals surface area contributed by atoms with Crippen molar-refractivity contribution in [3.63, 3.8) is 0 Å². The predicted molar refractivity (Wildman–Crippen MR) is 104 cm³/mol. The molecule has 1 amide bonds. The van der Waals surface area contributed by atoms with Gasteiger partial charge < -0.3 is 10.4 Å². The number of hydrogen-bond donors (Lipinski definition) is 2. The lowest BCUT2D eigenvalue weighted by molar-refractivity contribution is -0.115. The van der Waals surface area contributed by atoms with Crippen LogP contribution in [0.5, 0.6) is 0 Å². The van der Waals surface area contributed by atoms with Crippen LogP contribution in [0.4, 0.5) is 5.69 Å². The molecule has 138 valence electrons. The average Bonchev–Trinajstić information content (AvgIpc) is 2.57. The van der Waals surface area contributed by atoms with Crippen molar-refractivity contribution in [2.45, 2.75) is 38.7 Å². The number of carboxylic acids is 1. The third-order valence-corrected chi connectivity index (χ3v) is 5.79. The second-order valence-corrected chi connectivity index (χ2v) is 8.19. The van der Waals surface area contributed by atoms with E-state index in [-0.39, 0.29) is 17.2 Å². The normalized spacial score (nSPS) is 13.1. The molecule has 0 fully saturated rings. The fourth-order valence-electron chi connectivity index (χ4n) is 2.80. The number of anilines is 1. The van der Waals surface area contributed by atoms with Gasteiger partial charge in [0.25, 0.3) is 0 Å². The van der Waals surface area contributed by atoms with Crippen LogP contribution in [0.25, 0.3) is 0 Å². The fourth-order valence-corrected chi connectivity index (χ4v) is 3.86. The molecule has 2 unspecified atom stereocenters. The van der Waals surface area contributed by atoms with Crippen molar-refractivity contribution < 1.29 is 18.9 Å². The Balaban J connectivity index is 2.09. The lowest BCUT2D eigenvalue weighted by Gasteiger charge is -2.16. The zero-order valence-corrected chi connectivity index (χ0v) is 16.1. The van der Waals surface area contributed by atoms with Crippen LogP contribution in [0.2, 0.25) is 0 Å². The van der Waals surface area contributed by atoms with Gasteiger partial charge in [-0.15, -0.1) is 0 Å². The molecule has 0 aliphatic heterocycles. The maximum atomic E-state index is 12.6. The molecule has 2 rings (SSSR count). The van der Waals surface area contributed by atoms with Gasteiger partial charge in [-0.05, 0) is 56.5 Å². The van der Waals surface area contributed by atoms with Crippen LogP contribution in [0, 0.1) is 20.8 Å². The Morgan fingerprint density at radius 2 is 1.73 bits per heavy atom. The summed E-state index contributed by atoms with van der Waals surface area (Å²) in [5.41, 5.74) is 4.56. The molecular formula is C20H23NO4S. The van der Waals surface area contributed by atoms with Gasteiger partial charge in [-0.2, -0.15) is 0 Å². The van der Waals surface area contributed by atoms with E-state index in [0.717, 1.165) is 22.4 Å². The van der Waals surface area contributed by atoms with Crippen molar-refractivity contribution in [3.8, 4) is 0 Å². The minimum absolute atomic E-state index is 0.127. The van der Waals surface area contributed by atoms with Crippen molar-refractivity contribution in [1.29, 1.82) is 0 Å². The van der Waals surface area contributed by atoms with Gasteiger partial charge in [-0.1, -0.05) is 29.8 Å². The van der Waals surface area contributed by atoms with Gasteiger partial charge in [0.1, 0.15) is 5.25 Å². The smallest absolute Gasteiger partial charge is 0.335 e. The summed E-state index contributed by atoms with van der Waals surface area (Å²) >= 11 is 0. The molecule has 26 heavy (non-hydrogen) atoms. The molecule has 0 saturated heterocycles. The molecular weight excluding hydrogens is 350 g/mol. The van der Waals surface area contributed by atoms with Crippen LogP contribution < -0.4 is 5.32 Å². The van der Waals surface area contributed by atoms with E-state index in [9.17, 15) is 13.8 Å². The van der Waals surface area contributed by atoms with Crippen molar-refractivity contribution in [2.75, 3.05) is 5.32 Å². The summed E-state index contributed by atoms with van der Waals surface area (Å²) in [5, 5.41) is 11.2. The maximum absolute atomic E-state index is 12.6. The fraction of sp³-hybridized carbons (Fsp3) is 0.300. The van der Waals surface area contributed by atoms with E-state index in [2.05, 4.69) is 5.32 Å². The van der Waals surface area contributed by atoms with Crippen LogP contribution in [0.3, 0.4) is 0 Å². The Labute approximate surface area is 155 Å². The van der Waals surface area contributed by atoms with E-state index < -0.39 is 22.0 Å². The minimum Gasteiger partial charge on any atom is -0.478 e. The number of amides is 1.